The van der Waals surface area contributed by atoms with Crippen LogP contribution in [-0.2, 0) is 0 Å². The highest BCUT2D eigenvalue weighted by Gasteiger charge is 2.32. The maximum atomic E-state index is 12.5. The Labute approximate surface area is 171 Å². The normalized spacial score (nSPS) is 16.0. The highest BCUT2D eigenvalue weighted by molar-refractivity contribution is 5.85. The van der Waals surface area contributed by atoms with E-state index in [0.29, 0.717) is 5.75 Å². The zero-order valence-electron chi connectivity index (χ0n) is 15.7. The Morgan fingerprint density at radius 3 is 2.37 bits per heavy atom. The van der Waals surface area contributed by atoms with E-state index in [1.165, 1.54) is 19.2 Å². The summed E-state index contributed by atoms with van der Waals surface area (Å²) in [5, 5.41) is 3.33. The monoisotopic (exact) mass is 432 g/mol. The van der Waals surface area contributed by atoms with Crippen molar-refractivity contribution in [3.8, 4) is 11.5 Å². The number of methoxy groups -OCH3 is 1. The average molecular weight is 433 g/mol. The Balaban J connectivity index is 0.00000338. The molecule has 158 valence electrons. The molecule has 2 rings (SSSR count). The third kappa shape index (κ3) is 8.34. The van der Waals surface area contributed by atoms with Crippen LogP contribution in [0, 0.1) is 0 Å². The van der Waals surface area contributed by atoms with Crippen LogP contribution in [0.5, 0.6) is 11.5 Å². The summed E-state index contributed by atoms with van der Waals surface area (Å²) < 4.78 is 46.8. The number of halogens is 5. The van der Waals surface area contributed by atoms with Gasteiger partial charge in [-0.2, -0.15) is 0 Å². The van der Waals surface area contributed by atoms with Crippen molar-refractivity contribution >= 4 is 24.8 Å². The summed E-state index contributed by atoms with van der Waals surface area (Å²) in [7, 11) is 1.48. The molecule has 1 saturated heterocycles. The number of alkyl halides is 3. The third-order valence-corrected chi connectivity index (χ3v) is 4.47. The van der Waals surface area contributed by atoms with Crippen LogP contribution >= 0.6 is 24.8 Å². The lowest BCUT2D eigenvalue weighted by Crippen LogP contribution is -2.45. The van der Waals surface area contributed by atoms with Gasteiger partial charge in [0.05, 0.1) is 7.11 Å². The fourth-order valence-corrected chi connectivity index (χ4v) is 3.28. The Bertz CT molecular complexity index is 542. The zero-order chi connectivity index (χ0) is 18.3. The van der Waals surface area contributed by atoms with Gasteiger partial charge in [-0.05, 0) is 12.5 Å². The van der Waals surface area contributed by atoms with Gasteiger partial charge in [-0.3, -0.25) is 4.90 Å². The van der Waals surface area contributed by atoms with E-state index in [4.69, 9.17) is 4.74 Å². The van der Waals surface area contributed by atoms with Crippen LogP contribution in [0.25, 0.3) is 0 Å². The highest BCUT2D eigenvalue weighted by Crippen LogP contribution is 2.37. The predicted octanol–water partition coefficient (Wildman–Crippen LogP) is 4.96. The Morgan fingerprint density at radius 1 is 1.15 bits per heavy atom. The van der Waals surface area contributed by atoms with E-state index in [0.717, 1.165) is 57.4 Å². The average Bonchev–Trinajstić information content (AvgIpc) is 2.58. The molecule has 1 aliphatic rings. The van der Waals surface area contributed by atoms with Gasteiger partial charge >= 0.3 is 6.36 Å². The molecule has 1 heterocycles. The van der Waals surface area contributed by atoms with E-state index in [-0.39, 0.29) is 36.6 Å². The smallest absolute Gasteiger partial charge is 0.496 e. The molecule has 1 atom stereocenters. The number of hydrogen-bond donors (Lipinski definition) is 1. The van der Waals surface area contributed by atoms with Gasteiger partial charge in [-0.25, -0.2) is 0 Å². The number of unbranched alkanes of at least 4 members (excludes halogenated alkanes) is 2. The van der Waals surface area contributed by atoms with E-state index in [1.807, 2.05) is 0 Å². The molecule has 0 saturated carbocycles. The van der Waals surface area contributed by atoms with E-state index in [9.17, 15) is 13.2 Å². The first-order valence-corrected chi connectivity index (χ1v) is 8.83. The molecule has 1 aromatic rings. The van der Waals surface area contributed by atoms with Gasteiger partial charge in [0.1, 0.15) is 11.5 Å². The second-order valence-corrected chi connectivity index (χ2v) is 6.25. The minimum atomic E-state index is -4.70. The molecule has 27 heavy (non-hydrogen) atoms. The van der Waals surface area contributed by atoms with Gasteiger partial charge in [-0.15, -0.1) is 38.0 Å². The number of benzene rings is 1. The largest absolute Gasteiger partial charge is 0.573 e. The summed E-state index contributed by atoms with van der Waals surface area (Å²) in [5.74, 6) is 0.197. The molecule has 0 radical (unpaired) electrons. The highest BCUT2D eigenvalue weighted by atomic mass is 35.5. The van der Waals surface area contributed by atoms with Gasteiger partial charge in [0.25, 0.3) is 0 Å². The Morgan fingerprint density at radius 2 is 1.81 bits per heavy atom. The lowest BCUT2D eigenvalue weighted by molar-refractivity contribution is -0.274. The van der Waals surface area contributed by atoms with Crippen LogP contribution in [0.2, 0.25) is 0 Å². The Kier molecular flexibility index (Phi) is 12.1. The summed E-state index contributed by atoms with van der Waals surface area (Å²) in [5.41, 5.74) is 0.926. The number of ether oxygens (including phenoxy) is 2. The van der Waals surface area contributed by atoms with Gasteiger partial charge in [0.15, 0.2) is 0 Å². The zero-order valence-corrected chi connectivity index (χ0v) is 17.3. The molecule has 0 aromatic heterocycles. The molecule has 0 unspecified atom stereocenters. The van der Waals surface area contributed by atoms with Gasteiger partial charge < -0.3 is 14.8 Å². The SMILES string of the molecule is CCCCC[C@H](c1ccc(OC(F)(F)F)cc1OC)N1CCNCC1.Cl.Cl. The second-order valence-electron chi connectivity index (χ2n) is 6.25. The molecule has 1 aliphatic heterocycles. The third-order valence-electron chi connectivity index (χ3n) is 4.47. The van der Waals surface area contributed by atoms with Crippen LogP contribution in [0.3, 0.4) is 0 Å². The number of rotatable bonds is 8. The molecular formula is C18H29Cl2F3N2O2. The maximum Gasteiger partial charge on any atom is 0.573 e. The van der Waals surface area contributed by atoms with E-state index in [1.54, 1.807) is 6.07 Å². The molecule has 0 spiro atoms. The minimum absolute atomic E-state index is 0. The fourth-order valence-electron chi connectivity index (χ4n) is 3.28. The molecule has 1 N–H and O–H groups in total. The second kappa shape index (κ2) is 12.5. The van der Waals surface area contributed by atoms with E-state index >= 15 is 0 Å². The quantitative estimate of drug-likeness (QED) is 0.588. The summed E-state index contributed by atoms with van der Waals surface area (Å²) in [4.78, 5) is 2.38. The summed E-state index contributed by atoms with van der Waals surface area (Å²) in [6, 6.07) is 4.56. The van der Waals surface area contributed by atoms with E-state index in [2.05, 4.69) is 21.9 Å². The predicted molar refractivity (Wildman–Crippen MR) is 105 cm³/mol. The molecule has 9 heteroatoms. The van der Waals surface area contributed by atoms with Crippen molar-refractivity contribution in [1.29, 1.82) is 0 Å². The van der Waals surface area contributed by atoms with Crippen molar-refractivity contribution in [3.63, 3.8) is 0 Å². The van der Waals surface area contributed by atoms with Crippen LogP contribution in [0.4, 0.5) is 13.2 Å². The molecule has 1 fully saturated rings. The molecule has 0 aliphatic carbocycles. The minimum Gasteiger partial charge on any atom is -0.496 e. The van der Waals surface area contributed by atoms with Gasteiger partial charge in [0, 0.05) is 43.9 Å². The molecule has 0 bridgehead atoms. The number of hydrogen-bond acceptors (Lipinski definition) is 4. The lowest BCUT2D eigenvalue weighted by atomic mass is 9.97. The van der Waals surface area contributed by atoms with Crippen molar-refractivity contribution in [2.24, 2.45) is 0 Å². The fraction of sp³-hybridized carbons (Fsp3) is 0.667. The Hall–Kier alpha value is -0.890. The van der Waals surface area contributed by atoms with Crippen LogP contribution < -0.4 is 14.8 Å². The lowest BCUT2D eigenvalue weighted by Gasteiger charge is -2.36. The summed E-state index contributed by atoms with van der Waals surface area (Å²) >= 11 is 0. The van der Waals surface area contributed by atoms with Crippen LogP contribution in [0.15, 0.2) is 18.2 Å². The summed E-state index contributed by atoms with van der Waals surface area (Å²) in [6.07, 6.45) is -0.395. The van der Waals surface area contributed by atoms with Crippen molar-refractivity contribution < 1.29 is 22.6 Å². The number of nitrogens with one attached hydrogen (secondary N) is 1. The van der Waals surface area contributed by atoms with Crippen molar-refractivity contribution in [1.82, 2.24) is 10.2 Å². The first-order chi connectivity index (χ1) is 11.9. The number of piperazine rings is 1. The topological polar surface area (TPSA) is 33.7 Å². The van der Waals surface area contributed by atoms with Crippen LogP contribution in [0.1, 0.15) is 44.2 Å². The number of nitrogens with zero attached hydrogens (tertiary/aromatic N) is 1. The van der Waals surface area contributed by atoms with Gasteiger partial charge in [-0.1, -0.05) is 32.3 Å². The van der Waals surface area contributed by atoms with E-state index < -0.39 is 6.36 Å². The van der Waals surface area contributed by atoms with Crippen molar-refractivity contribution in [3.05, 3.63) is 23.8 Å². The standard InChI is InChI=1S/C18H27F3N2O2.2ClH/c1-3-4-5-6-16(23-11-9-22-10-12-23)15-8-7-14(13-17(15)24-2)25-18(19,20)21;;/h7-8,13,16,22H,3-6,9-12H2,1-2H3;2*1H/t16-;;/m1../s1. The van der Waals surface area contributed by atoms with Crippen molar-refractivity contribution in [2.75, 3.05) is 33.3 Å². The molecule has 0 amide bonds. The molecular weight excluding hydrogens is 404 g/mol. The van der Waals surface area contributed by atoms with Gasteiger partial charge in [0.2, 0.25) is 0 Å². The molecule has 4 nitrogen and oxygen atoms in total. The first-order valence-electron chi connectivity index (χ1n) is 8.83. The van der Waals surface area contributed by atoms with Crippen LogP contribution in [-0.4, -0.2) is 44.6 Å². The molecule has 1 aromatic carbocycles. The maximum absolute atomic E-state index is 12.5. The summed E-state index contributed by atoms with van der Waals surface area (Å²) in [6.45, 7) is 5.83. The van der Waals surface area contributed by atoms with Crippen molar-refractivity contribution in [2.45, 2.75) is 45.0 Å². The first kappa shape index (κ1) is 26.1.